The molecule has 0 atom stereocenters. The predicted octanol–water partition coefficient (Wildman–Crippen LogP) is 1.31. The van der Waals surface area contributed by atoms with Crippen LogP contribution >= 0.6 is 12.4 Å². The molecule has 0 saturated carbocycles. The minimum absolute atomic E-state index is 0. The van der Waals surface area contributed by atoms with Crippen LogP contribution in [0.15, 0.2) is 47.4 Å². The lowest BCUT2D eigenvalue weighted by atomic mass is 10.0. The van der Waals surface area contributed by atoms with E-state index in [1.54, 1.807) is 17.0 Å². The largest absolute Gasteiger partial charge is 0.340 e. The number of hydrogen-bond donors (Lipinski definition) is 1. The number of rotatable bonds is 3. The van der Waals surface area contributed by atoms with Gasteiger partial charge >= 0.3 is 0 Å². The van der Waals surface area contributed by atoms with Crippen LogP contribution in [0.4, 0.5) is 0 Å². The van der Waals surface area contributed by atoms with E-state index < -0.39 is 10.0 Å². The summed E-state index contributed by atoms with van der Waals surface area (Å²) in [5.74, 6) is 0.199. The van der Waals surface area contributed by atoms with Crippen LogP contribution in [0.1, 0.15) is 0 Å². The lowest BCUT2D eigenvalue weighted by molar-refractivity contribution is -0.138. The topological polar surface area (TPSA) is 69.7 Å². The maximum atomic E-state index is 12.9. The van der Waals surface area contributed by atoms with Gasteiger partial charge in [-0.05, 0) is 22.9 Å². The van der Waals surface area contributed by atoms with E-state index in [2.05, 4.69) is 5.32 Å². The van der Waals surface area contributed by atoms with E-state index in [0.29, 0.717) is 31.1 Å². The highest BCUT2D eigenvalue weighted by Crippen LogP contribution is 2.23. The van der Waals surface area contributed by atoms with Gasteiger partial charge in [0, 0.05) is 39.3 Å². The molecular formula is C18H22ClN3O3S. The first-order valence-corrected chi connectivity index (χ1v) is 9.98. The Morgan fingerprint density at radius 1 is 0.962 bits per heavy atom. The minimum Gasteiger partial charge on any atom is -0.340 e. The highest BCUT2D eigenvalue weighted by Gasteiger charge is 2.34. The monoisotopic (exact) mass is 395 g/mol. The number of carbonyl (C=O) groups is 1. The first-order valence-electron chi connectivity index (χ1n) is 8.54. The van der Waals surface area contributed by atoms with Crippen LogP contribution in [-0.2, 0) is 14.8 Å². The zero-order valence-electron chi connectivity index (χ0n) is 14.3. The fourth-order valence-corrected chi connectivity index (χ4v) is 4.81. The number of fused-ring (bicyclic) bond motifs is 1. The molecule has 26 heavy (non-hydrogen) atoms. The smallest absolute Gasteiger partial charge is 0.243 e. The van der Waals surface area contributed by atoms with Crippen LogP contribution < -0.4 is 5.32 Å². The van der Waals surface area contributed by atoms with Gasteiger partial charge in [0.25, 0.3) is 0 Å². The summed E-state index contributed by atoms with van der Waals surface area (Å²) in [7, 11) is -3.53. The second-order valence-electron chi connectivity index (χ2n) is 6.59. The molecule has 0 bridgehead atoms. The summed E-state index contributed by atoms with van der Waals surface area (Å²) < 4.78 is 27.3. The molecule has 2 aliphatic heterocycles. The van der Waals surface area contributed by atoms with Gasteiger partial charge in [-0.15, -0.1) is 12.4 Å². The van der Waals surface area contributed by atoms with Crippen molar-refractivity contribution < 1.29 is 13.2 Å². The molecule has 1 N–H and O–H groups in total. The van der Waals surface area contributed by atoms with Gasteiger partial charge in [-0.3, -0.25) is 4.79 Å². The maximum Gasteiger partial charge on any atom is 0.243 e. The Morgan fingerprint density at radius 3 is 2.23 bits per heavy atom. The third kappa shape index (κ3) is 3.44. The Morgan fingerprint density at radius 2 is 1.62 bits per heavy atom. The van der Waals surface area contributed by atoms with E-state index in [4.69, 9.17) is 0 Å². The van der Waals surface area contributed by atoms with Crippen molar-refractivity contribution in [1.29, 1.82) is 0 Å². The molecule has 2 saturated heterocycles. The van der Waals surface area contributed by atoms with E-state index in [1.165, 1.54) is 4.31 Å². The van der Waals surface area contributed by atoms with Crippen molar-refractivity contribution in [2.45, 2.75) is 4.90 Å². The van der Waals surface area contributed by atoms with E-state index in [-0.39, 0.29) is 24.2 Å². The van der Waals surface area contributed by atoms with Crippen LogP contribution in [-0.4, -0.2) is 62.8 Å². The fraction of sp³-hybridized carbons (Fsp3) is 0.389. The highest BCUT2D eigenvalue weighted by atomic mass is 35.5. The van der Waals surface area contributed by atoms with Crippen LogP contribution in [0.25, 0.3) is 10.8 Å². The average molecular weight is 396 g/mol. The Labute approximate surface area is 159 Å². The van der Waals surface area contributed by atoms with Crippen LogP contribution in [0.3, 0.4) is 0 Å². The molecule has 6 nitrogen and oxygen atoms in total. The molecule has 2 aliphatic rings. The van der Waals surface area contributed by atoms with Crippen molar-refractivity contribution in [2.75, 3.05) is 39.3 Å². The average Bonchev–Trinajstić information content (AvgIpc) is 2.60. The molecule has 0 unspecified atom stereocenters. The maximum absolute atomic E-state index is 12.9. The van der Waals surface area contributed by atoms with Gasteiger partial charge in [-0.25, -0.2) is 8.42 Å². The number of nitrogens with one attached hydrogen (secondary N) is 1. The van der Waals surface area contributed by atoms with Crippen molar-refractivity contribution in [3.05, 3.63) is 42.5 Å². The van der Waals surface area contributed by atoms with Crippen molar-refractivity contribution in [1.82, 2.24) is 14.5 Å². The van der Waals surface area contributed by atoms with E-state index in [9.17, 15) is 13.2 Å². The summed E-state index contributed by atoms with van der Waals surface area (Å²) in [4.78, 5) is 14.4. The number of sulfonamides is 1. The highest BCUT2D eigenvalue weighted by molar-refractivity contribution is 7.89. The number of amides is 1. The van der Waals surface area contributed by atoms with Crippen LogP contribution in [0.2, 0.25) is 0 Å². The summed E-state index contributed by atoms with van der Waals surface area (Å²) in [6.45, 7) is 3.08. The van der Waals surface area contributed by atoms with Gasteiger partial charge in [0.2, 0.25) is 15.9 Å². The summed E-state index contributed by atoms with van der Waals surface area (Å²) in [5, 5.41) is 5.03. The number of carbonyl (C=O) groups excluding carboxylic acids is 1. The summed E-state index contributed by atoms with van der Waals surface area (Å²) in [5.41, 5.74) is 0. The van der Waals surface area contributed by atoms with Crippen LogP contribution in [0.5, 0.6) is 0 Å². The Bertz CT molecular complexity index is 907. The van der Waals surface area contributed by atoms with E-state index >= 15 is 0 Å². The van der Waals surface area contributed by atoms with Gasteiger partial charge in [0.15, 0.2) is 0 Å². The molecule has 0 aromatic heterocycles. The standard InChI is InChI=1S/C18H21N3O3S.ClH/c22-18(16-12-19-13-16)20-7-9-21(10-8-20)25(23,24)17-6-5-14-3-1-2-4-15(14)11-17;/h1-6,11,16,19H,7-10,12-13H2;1H. The molecule has 2 aromatic rings. The zero-order valence-corrected chi connectivity index (χ0v) is 15.9. The second kappa shape index (κ2) is 7.52. The molecule has 2 heterocycles. The predicted molar refractivity (Wildman–Crippen MR) is 103 cm³/mol. The first kappa shape index (κ1) is 19.1. The fourth-order valence-electron chi connectivity index (χ4n) is 3.35. The molecule has 2 fully saturated rings. The molecule has 0 spiro atoms. The molecule has 0 aliphatic carbocycles. The molecule has 140 valence electrons. The lowest BCUT2D eigenvalue weighted by Gasteiger charge is -2.38. The van der Waals surface area contributed by atoms with Crippen molar-refractivity contribution >= 4 is 39.1 Å². The van der Waals surface area contributed by atoms with Gasteiger partial charge in [-0.1, -0.05) is 30.3 Å². The first-order chi connectivity index (χ1) is 12.1. The third-order valence-electron chi connectivity index (χ3n) is 5.04. The van der Waals surface area contributed by atoms with Gasteiger partial charge in [0.1, 0.15) is 0 Å². The Hall–Kier alpha value is -1.67. The normalized spacial score (nSPS) is 19.0. The Kier molecular flexibility index (Phi) is 5.53. The minimum atomic E-state index is -3.53. The molecule has 8 heteroatoms. The number of nitrogens with zero attached hydrogens (tertiary/aromatic N) is 2. The van der Waals surface area contributed by atoms with Gasteiger partial charge in [-0.2, -0.15) is 4.31 Å². The van der Waals surface area contributed by atoms with Crippen molar-refractivity contribution in [3.8, 4) is 0 Å². The quantitative estimate of drug-likeness (QED) is 0.850. The summed E-state index contributed by atoms with van der Waals surface area (Å²) in [6, 6.07) is 12.9. The molecule has 2 aromatic carbocycles. The molecule has 1 amide bonds. The molecule has 4 rings (SSSR count). The molecular weight excluding hydrogens is 374 g/mol. The van der Waals surface area contributed by atoms with Crippen LogP contribution in [0, 0.1) is 5.92 Å². The third-order valence-corrected chi connectivity index (χ3v) is 6.93. The summed E-state index contributed by atoms with van der Waals surface area (Å²) in [6.07, 6.45) is 0. The zero-order chi connectivity index (χ0) is 17.4. The Balaban J connectivity index is 0.00000196. The van der Waals surface area contributed by atoms with Crippen molar-refractivity contribution in [2.24, 2.45) is 5.92 Å². The number of piperazine rings is 1. The van der Waals surface area contributed by atoms with Gasteiger partial charge in [0.05, 0.1) is 10.8 Å². The molecule has 0 radical (unpaired) electrons. The summed E-state index contributed by atoms with van der Waals surface area (Å²) >= 11 is 0. The number of hydrogen-bond acceptors (Lipinski definition) is 4. The van der Waals surface area contributed by atoms with Crippen molar-refractivity contribution in [3.63, 3.8) is 0 Å². The van der Waals surface area contributed by atoms with E-state index in [1.807, 2.05) is 30.3 Å². The second-order valence-corrected chi connectivity index (χ2v) is 8.53. The lowest BCUT2D eigenvalue weighted by Crippen LogP contribution is -2.57. The van der Waals surface area contributed by atoms with E-state index in [0.717, 1.165) is 23.9 Å². The number of halogens is 1. The van der Waals surface area contributed by atoms with Gasteiger partial charge < -0.3 is 10.2 Å². The SMILES string of the molecule is Cl.O=C(C1CNC1)N1CCN(S(=O)(=O)c2ccc3ccccc3c2)CC1. The number of benzene rings is 2.